The van der Waals surface area contributed by atoms with E-state index in [1.54, 1.807) is 6.33 Å². The Bertz CT molecular complexity index is 1280. The molecule has 168 valence electrons. The molecule has 7 heteroatoms. The van der Waals surface area contributed by atoms with E-state index >= 15 is 0 Å². The summed E-state index contributed by atoms with van der Waals surface area (Å²) in [5, 5.41) is 1.74. The summed E-state index contributed by atoms with van der Waals surface area (Å²) in [5.41, 5.74) is 5.40. The maximum atomic E-state index is 6.29. The molecule has 0 saturated heterocycles. The number of ether oxygens (including phenoxy) is 1. The fraction of sp³-hybridized carbons (Fsp3) is 0.269. The van der Waals surface area contributed by atoms with Gasteiger partial charge in [0, 0.05) is 47.0 Å². The third-order valence-electron chi connectivity index (χ3n) is 5.88. The lowest BCUT2D eigenvalue weighted by Crippen LogP contribution is -2.15. The number of aromatic nitrogens is 3. The number of halogens is 1. The minimum atomic E-state index is 0.646. The van der Waals surface area contributed by atoms with Gasteiger partial charge in [0.25, 0.3) is 0 Å². The summed E-state index contributed by atoms with van der Waals surface area (Å²) in [6.07, 6.45) is 5.42. The lowest BCUT2D eigenvalue weighted by Gasteiger charge is -2.20. The number of hydrogen-bond acceptors (Lipinski definition) is 6. The minimum Gasteiger partial charge on any atom is -0.478 e. The van der Waals surface area contributed by atoms with Crippen molar-refractivity contribution in [1.29, 1.82) is 0 Å². The van der Waals surface area contributed by atoms with Gasteiger partial charge in [0.1, 0.15) is 12.1 Å². The highest BCUT2D eigenvalue weighted by Gasteiger charge is 2.23. The second-order valence-corrected chi connectivity index (χ2v) is 8.93. The number of anilines is 2. The lowest BCUT2D eigenvalue weighted by molar-refractivity contribution is 0.273. The number of benzene rings is 2. The van der Waals surface area contributed by atoms with Gasteiger partial charge in [-0.2, -0.15) is 0 Å². The minimum absolute atomic E-state index is 0.646. The lowest BCUT2D eigenvalue weighted by atomic mass is 10.0. The highest BCUT2D eigenvalue weighted by Crippen LogP contribution is 2.38. The molecular formula is C26H26ClN5O. The molecule has 33 heavy (non-hydrogen) atoms. The van der Waals surface area contributed by atoms with Crippen LogP contribution < -0.4 is 9.64 Å². The molecule has 2 aromatic heterocycles. The fourth-order valence-corrected chi connectivity index (χ4v) is 4.37. The van der Waals surface area contributed by atoms with Crippen LogP contribution in [-0.4, -0.2) is 53.6 Å². The van der Waals surface area contributed by atoms with E-state index in [1.165, 1.54) is 5.56 Å². The standard InChI is InChI=1S/C26H26ClN5O/c1-31(2)11-3-13-33-25-9-6-20(16-28-25)19-5-8-23-22(14-19)26(30-17-29-23)32-12-10-18-4-7-21(27)15-24(18)32/h4-9,14-17H,3,10-13H2,1-2H3. The van der Waals surface area contributed by atoms with Crippen LogP contribution in [0.4, 0.5) is 11.5 Å². The summed E-state index contributed by atoms with van der Waals surface area (Å²) >= 11 is 6.29. The molecule has 1 aliphatic rings. The van der Waals surface area contributed by atoms with Gasteiger partial charge in [0.2, 0.25) is 5.88 Å². The zero-order valence-electron chi connectivity index (χ0n) is 18.8. The molecular weight excluding hydrogens is 434 g/mol. The average molecular weight is 460 g/mol. The predicted molar refractivity (Wildman–Crippen MR) is 134 cm³/mol. The van der Waals surface area contributed by atoms with E-state index < -0.39 is 0 Å². The fourth-order valence-electron chi connectivity index (χ4n) is 4.20. The first-order chi connectivity index (χ1) is 16.1. The van der Waals surface area contributed by atoms with Crippen LogP contribution >= 0.6 is 11.6 Å². The van der Waals surface area contributed by atoms with E-state index in [2.05, 4.69) is 57.0 Å². The van der Waals surface area contributed by atoms with Gasteiger partial charge >= 0.3 is 0 Å². The van der Waals surface area contributed by atoms with Crippen molar-refractivity contribution < 1.29 is 4.74 Å². The van der Waals surface area contributed by atoms with Crippen LogP contribution in [-0.2, 0) is 6.42 Å². The zero-order chi connectivity index (χ0) is 22.8. The first-order valence-electron chi connectivity index (χ1n) is 11.1. The Morgan fingerprint density at radius 2 is 1.88 bits per heavy atom. The summed E-state index contributed by atoms with van der Waals surface area (Å²) in [7, 11) is 4.12. The Kier molecular flexibility index (Phi) is 6.11. The monoisotopic (exact) mass is 459 g/mol. The second kappa shape index (κ2) is 9.33. The normalized spacial score (nSPS) is 13.0. The van der Waals surface area contributed by atoms with E-state index in [4.69, 9.17) is 16.3 Å². The summed E-state index contributed by atoms with van der Waals surface area (Å²) in [6.45, 7) is 2.52. The molecule has 0 unspecified atom stereocenters. The van der Waals surface area contributed by atoms with Gasteiger partial charge in [-0.05, 0) is 68.4 Å². The van der Waals surface area contributed by atoms with Gasteiger partial charge in [-0.3, -0.25) is 0 Å². The Balaban J connectivity index is 1.42. The van der Waals surface area contributed by atoms with Gasteiger partial charge in [-0.15, -0.1) is 0 Å². The third-order valence-corrected chi connectivity index (χ3v) is 6.12. The Morgan fingerprint density at radius 3 is 2.70 bits per heavy atom. The van der Waals surface area contributed by atoms with Crippen LogP contribution in [0.2, 0.25) is 5.02 Å². The van der Waals surface area contributed by atoms with E-state index in [1.807, 2.05) is 36.5 Å². The van der Waals surface area contributed by atoms with Crippen molar-refractivity contribution in [2.24, 2.45) is 0 Å². The van der Waals surface area contributed by atoms with E-state index in [9.17, 15) is 0 Å². The van der Waals surface area contributed by atoms with Crippen molar-refractivity contribution >= 4 is 34.0 Å². The Labute approximate surface area is 198 Å². The average Bonchev–Trinajstić information content (AvgIpc) is 3.24. The Morgan fingerprint density at radius 1 is 1.00 bits per heavy atom. The SMILES string of the molecule is CN(C)CCCOc1ccc(-c2ccc3ncnc(N4CCc5ccc(Cl)cc54)c3c2)cn1. The summed E-state index contributed by atoms with van der Waals surface area (Å²) in [4.78, 5) is 18.0. The quantitative estimate of drug-likeness (QED) is 0.346. The van der Waals surface area contributed by atoms with Gasteiger partial charge < -0.3 is 14.5 Å². The van der Waals surface area contributed by atoms with Crippen molar-refractivity contribution in [3.05, 3.63) is 71.6 Å². The van der Waals surface area contributed by atoms with E-state index in [0.717, 1.165) is 64.5 Å². The van der Waals surface area contributed by atoms with Crippen molar-refractivity contribution in [1.82, 2.24) is 19.9 Å². The van der Waals surface area contributed by atoms with Crippen molar-refractivity contribution in [2.45, 2.75) is 12.8 Å². The van der Waals surface area contributed by atoms with Gasteiger partial charge in [-0.1, -0.05) is 23.7 Å². The van der Waals surface area contributed by atoms with Crippen molar-refractivity contribution in [3.63, 3.8) is 0 Å². The molecule has 0 saturated carbocycles. The molecule has 3 heterocycles. The number of hydrogen-bond donors (Lipinski definition) is 0. The molecule has 5 rings (SSSR count). The molecule has 0 spiro atoms. The van der Waals surface area contributed by atoms with E-state index in [0.29, 0.717) is 12.5 Å². The molecule has 1 aliphatic heterocycles. The van der Waals surface area contributed by atoms with Crippen LogP contribution in [0.1, 0.15) is 12.0 Å². The number of nitrogens with zero attached hydrogens (tertiary/aromatic N) is 5. The number of fused-ring (bicyclic) bond motifs is 2. The first kappa shape index (κ1) is 21.6. The molecule has 0 fully saturated rings. The molecule has 0 aliphatic carbocycles. The predicted octanol–water partition coefficient (Wildman–Crippen LogP) is 5.37. The smallest absolute Gasteiger partial charge is 0.213 e. The highest BCUT2D eigenvalue weighted by molar-refractivity contribution is 6.31. The van der Waals surface area contributed by atoms with Gasteiger partial charge in [0.15, 0.2) is 0 Å². The van der Waals surface area contributed by atoms with E-state index in [-0.39, 0.29) is 0 Å². The topological polar surface area (TPSA) is 54.4 Å². The molecule has 0 radical (unpaired) electrons. The molecule has 2 aromatic carbocycles. The number of rotatable bonds is 7. The van der Waals surface area contributed by atoms with Crippen LogP contribution in [0.15, 0.2) is 61.1 Å². The molecule has 0 amide bonds. The van der Waals surface area contributed by atoms with Crippen LogP contribution in [0.5, 0.6) is 5.88 Å². The van der Waals surface area contributed by atoms with Gasteiger partial charge in [-0.25, -0.2) is 15.0 Å². The van der Waals surface area contributed by atoms with Crippen molar-refractivity contribution in [2.75, 3.05) is 38.7 Å². The molecule has 4 aromatic rings. The summed E-state index contributed by atoms with van der Waals surface area (Å²) in [5.74, 6) is 1.55. The molecule has 0 bridgehead atoms. The highest BCUT2D eigenvalue weighted by atomic mass is 35.5. The van der Waals surface area contributed by atoms with Crippen LogP contribution in [0, 0.1) is 0 Å². The molecule has 0 N–H and O–H groups in total. The maximum Gasteiger partial charge on any atom is 0.213 e. The summed E-state index contributed by atoms with van der Waals surface area (Å²) in [6, 6.07) is 16.3. The maximum absolute atomic E-state index is 6.29. The van der Waals surface area contributed by atoms with Crippen molar-refractivity contribution in [3.8, 4) is 17.0 Å². The van der Waals surface area contributed by atoms with Crippen LogP contribution in [0.25, 0.3) is 22.0 Å². The van der Waals surface area contributed by atoms with Gasteiger partial charge in [0.05, 0.1) is 12.1 Å². The molecule has 0 atom stereocenters. The molecule has 6 nitrogen and oxygen atoms in total. The largest absolute Gasteiger partial charge is 0.478 e. The third kappa shape index (κ3) is 4.63. The number of pyridine rings is 1. The van der Waals surface area contributed by atoms with Crippen LogP contribution in [0.3, 0.4) is 0 Å². The Hall–Kier alpha value is -3.22. The zero-order valence-corrected chi connectivity index (χ0v) is 19.6. The first-order valence-corrected chi connectivity index (χ1v) is 11.5. The second-order valence-electron chi connectivity index (χ2n) is 8.49. The summed E-state index contributed by atoms with van der Waals surface area (Å²) < 4.78 is 5.77.